The summed E-state index contributed by atoms with van der Waals surface area (Å²) < 4.78 is 4.97. The average molecular weight is 615 g/mol. The molecule has 1 rings (SSSR count). The summed E-state index contributed by atoms with van der Waals surface area (Å²) >= 11 is 14.0. The van der Waals surface area contributed by atoms with E-state index in [4.69, 9.17) is 48.4 Å². The molecule has 0 aromatic carbocycles. The highest BCUT2D eigenvalue weighted by Crippen LogP contribution is 2.17. The Balaban J connectivity index is -0.000000172. The molecule has 1 aliphatic rings. The van der Waals surface area contributed by atoms with Crippen molar-refractivity contribution >= 4 is 39.1 Å². The van der Waals surface area contributed by atoms with E-state index in [-0.39, 0.29) is 36.8 Å². The van der Waals surface area contributed by atoms with Crippen LogP contribution in [0.25, 0.3) is 0 Å². The van der Waals surface area contributed by atoms with E-state index in [1.54, 1.807) is 0 Å². The molecule has 0 saturated carbocycles. The molecule has 35 heavy (non-hydrogen) atoms. The lowest BCUT2D eigenvalue weighted by Gasteiger charge is -2.11. The molecule has 0 radical (unpaired) electrons. The van der Waals surface area contributed by atoms with E-state index in [9.17, 15) is 0 Å². The van der Waals surface area contributed by atoms with Crippen LogP contribution in [0, 0.1) is 35.5 Å². The van der Waals surface area contributed by atoms with E-state index in [2.05, 4.69) is 50.5 Å². The molecule has 8 heteroatoms. The molecule has 1 saturated heterocycles. The third-order valence-corrected chi connectivity index (χ3v) is 7.00. The van der Waals surface area contributed by atoms with E-state index >= 15 is 0 Å². The largest absolute Gasteiger partial charge is 0.396 e. The maximum atomic E-state index is 8.97. The van der Waals surface area contributed by atoms with Gasteiger partial charge in [-0.2, -0.15) is 0 Å². The van der Waals surface area contributed by atoms with Crippen LogP contribution in [0.2, 0.25) is 0 Å². The molecule has 1 fully saturated rings. The van der Waals surface area contributed by atoms with Crippen LogP contribution in [-0.4, -0.2) is 75.1 Å². The lowest BCUT2D eigenvalue weighted by molar-refractivity contribution is 0.0931. The van der Waals surface area contributed by atoms with Crippen LogP contribution in [0.5, 0.6) is 0 Å². The molecule has 1 aliphatic heterocycles. The van der Waals surface area contributed by atoms with Crippen molar-refractivity contribution in [2.24, 2.45) is 35.5 Å². The standard InChI is InChI=1S/C6H13Cl.C6H14O2.C5H11BrO.C5H11ClO.C5H10O/c1-5(2)6(3)4-7;1-5(2)6(8)3-4-7;2*1-4(2)5(7)3-6;1-4(2)5-3-6-5/h5-6H,4H2,1-3H3;5-8H,3-4H2,1-2H3;2*4-5,7H,3H2,1-2H3;4-5H,3H2,1-2H3/t2*6-;3*5-/m11111/s1. The SMILES string of the molecule is CC(C)[C@H](C)CCl.CC(C)[C@H](O)CBr.CC(C)[C@H](O)CCO.CC(C)[C@H](O)CCl.CC(C)[C@H]1CO1. The third-order valence-electron chi connectivity index (χ3n) is 5.53. The Kier molecular flexibility index (Phi) is 34.2. The number of hydrogen-bond acceptors (Lipinski definition) is 5. The van der Waals surface area contributed by atoms with E-state index in [1.165, 1.54) is 0 Å². The van der Waals surface area contributed by atoms with E-state index < -0.39 is 0 Å². The first-order valence-corrected chi connectivity index (χ1v) is 15.2. The van der Waals surface area contributed by atoms with Gasteiger partial charge in [-0.3, -0.25) is 0 Å². The summed E-state index contributed by atoms with van der Waals surface area (Å²) in [4.78, 5) is 0. The normalized spacial score (nSPS) is 17.7. The van der Waals surface area contributed by atoms with Gasteiger partial charge >= 0.3 is 0 Å². The zero-order chi connectivity index (χ0) is 28.7. The molecule has 0 aromatic rings. The summed E-state index contributed by atoms with van der Waals surface area (Å²) in [5, 5.41) is 35.7. The predicted octanol–water partition coefficient (Wildman–Crippen LogP) is 6.58. The second-order valence-electron chi connectivity index (χ2n) is 10.7. The average Bonchev–Trinajstić information content (AvgIpc) is 3.64. The molecule has 218 valence electrons. The third kappa shape index (κ3) is 34.9. The summed E-state index contributed by atoms with van der Waals surface area (Å²) in [6.45, 7) is 23.7. The molecule has 0 aliphatic carbocycles. The van der Waals surface area contributed by atoms with Crippen LogP contribution in [0.3, 0.4) is 0 Å². The number of rotatable bonds is 10. The number of epoxide rings is 1. The second kappa shape index (κ2) is 27.9. The summed E-state index contributed by atoms with van der Waals surface area (Å²) in [5.74, 6) is 4.21. The highest BCUT2D eigenvalue weighted by atomic mass is 79.9. The molecule has 0 bridgehead atoms. The van der Waals surface area contributed by atoms with Gasteiger partial charge in [-0.25, -0.2) is 0 Å². The van der Waals surface area contributed by atoms with Crippen LogP contribution >= 0.6 is 39.1 Å². The van der Waals surface area contributed by atoms with Gasteiger partial charge in [0.1, 0.15) is 0 Å². The van der Waals surface area contributed by atoms with Crippen LogP contribution in [0.4, 0.5) is 0 Å². The first kappa shape index (κ1) is 42.9. The van der Waals surface area contributed by atoms with Gasteiger partial charge in [0.05, 0.1) is 31.0 Å². The van der Waals surface area contributed by atoms with Crippen LogP contribution < -0.4 is 0 Å². The van der Waals surface area contributed by atoms with Crippen LogP contribution in [0.15, 0.2) is 0 Å². The molecule has 0 amide bonds. The monoisotopic (exact) mass is 612 g/mol. The summed E-state index contributed by atoms with van der Waals surface area (Å²) in [6, 6.07) is 0. The Morgan fingerprint density at radius 2 is 1.11 bits per heavy atom. The Morgan fingerprint density at radius 3 is 1.14 bits per heavy atom. The van der Waals surface area contributed by atoms with E-state index in [0.717, 1.165) is 24.3 Å². The highest BCUT2D eigenvalue weighted by Gasteiger charge is 2.25. The first-order valence-electron chi connectivity index (χ1n) is 13.0. The molecular weight excluding hydrogens is 555 g/mol. The minimum atomic E-state index is -0.333. The Bertz CT molecular complexity index is 376. The van der Waals surface area contributed by atoms with Gasteiger partial charge in [0, 0.05) is 23.7 Å². The van der Waals surface area contributed by atoms with Crippen LogP contribution in [0.1, 0.15) is 82.6 Å². The molecule has 0 aromatic heterocycles. The number of halogens is 3. The lowest BCUT2D eigenvalue weighted by atomic mass is 10.0. The maximum absolute atomic E-state index is 8.97. The van der Waals surface area contributed by atoms with Crippen molar-refractivity contribution in [1.82, 2.24) is 0 Å². The van der Waals surface area contributed by atoms with Gasteiger partial charge in [-0.1, -0.05) is 92.1 Å². The molecular formula is C27H59BrCl2O5. The fourth-order valence-electron chi connectivity index (χ4n) is 1.44. The van der Waals surface area contributed by atoms with Crippen molar-refractivity contribution in [3.63, 3.8) is 0 Å². The number of ether oxygens (including phenoxy) is 1. The maximum Gasteiger partial charge on any atom is 0.0832 e. The minimum absolute atomic E-state index is 0.0827. The Morgan fingerprint density at radius 1 is 0.714 bits per heavy atom. The zero-order valence-corrected chi connectivity index (χ0v) is 27.4. The summed E-state index contributed by atoms with van der Waals surface area (Å²) in [6.07, 6.45) is 0.254. The number of aliphatic hydroxyl groups is 4. The lowest BCUT2D eigenvalue weighted by Crippen LogP contribution is -2.15. The van der Waals surface area contributed by atoms with Crippen molar-refractivity contribution in [3.05, 3.63) is 0 Å². The minimum Gasteiger partial charge on any atom is -0.396 e. The number of aliphatic hydroxyl groups excluding tert-OH is 4. The topological polar surface area (TPSA) is 93.5 Å². The van der Waals surface area contributed by atoms with Crippen LogP contribution in [-0.2, 0) is 4.74 Å². The van der Waals surface area contributed by atoms with E-state index in [1.807, 2.05) is 41.5 Å². The first-order chi connectivity index (χ1) is 16.0. The van der Waals surface area contributed by atoms with Gasteiger partial charge in [0.2, 0.25) is 0 Å². The quantitative estimate of drug-likeness (QED) is 0.165. The second-order valence-corrected chi connectivity index (χ2v) is 12.0. The summed E-state index contributed by atoms with van der Waals surface area (Å²) in [5.41, 5.74) is 0. The van der Waals surface area contributed by atoms with E-state index in [0.29, 0.717) is 35.6 Å². The van der Waals surface area contributed by atoms with Crippen molar-refractivity contribution in [3.8, 4) is 0 Å². The molecule has 1 heterocycles. The summed E-state index contributed by atoms with van der Waals surface area (Å²) in [7, 11) is 0. The van der Waals surface area contributed by atoms with Gasteiger partial charge in [0.15, 0.2) is 0 Å². The number of alkyl halides is 3. The number of hydrogen-bond donors (Lipinski definition) is 4. The Hall–Kier alpha value is 0.860. The fraction of sp³-hybridized carbons (Fsp3) is 1.00. The van der Waals surface area contributed by atoms with Gasteiger partial charge in [-0.15, -0.1) is 23.2 Å². The smallest absolute Gasteiger partial charge is 0.0832 e. The van der Waals surface area contributed by atoms with Crippen molar-refractivity contribution in [2.45, 2.75) is 107 Å². The van der Waals surface area contributed by atoms with Crippen molar-refractivity contribution < 1.29 is 25.2 Å². The molecule has 0 unspecified atom stereocenters. The van der Waals surface area contributed by atoms with Gasteiger partial charge < -0.3 is 25.2 Å². The highest BCUT2D eigenvalue weighted by molar-refractivity contribution is 9.09. The Labute approximate surface area is 236 Å². The van der Waals surface area contributed by atoms with Gasteiger partial charge in [-0.05, 0) is 41.9 Å². The van der Waals surface area contributed by atoms with Gasteiger partial charge in [0.25, 0.3) is 0 Å². The van der Waals surface area contributed by atoms with Crippen molar-refractivity contribution in [2.75, 3.05) is 30.3 Å². The molecule has 5 nitrogen and oxygen atoms in total. The molecule has 5 atom stereocenters. The van der Waals surface area contributed by atoms with Crippen molar-refractivity contribution in [1.29, 1.82) is 0 Å². The fourth-order valence-corrected chi connectivity index (χ4v) is 2.90. The molecule has 0 spiro atoms. The molecule has 4 N–H and O–H groups in total. The zero-order valence-electron chi connectivity index (χ0n) is 24.3. The predicted molar refractivity (Wildman–Crippen MR) is 158 cm³/mol.